The van der Waals surface area contributed by atoms with Gasteiger partial charge in [-0.15, -0.1) is 0 Å². The molecule has 1 aromatic carbocycles. The molecule has 2 rings (SSSR count). The van der Waals surface area contributed by atoms with Crippen molar-refractivity contribution in [1.29, 1.82) is 0 Å². The fraction of sp³-hybridized carbons (Fsp3) is 0.250. The number of hydrogen-bond donors (Lipinski definition) is 2. The van der Waals surface area contributed by atoms with Crippen LogP contribution in [0.4, 0.5) is 0 Å². The minimum atomic E-state index is -0.153. The maximum Gasteiger partial charge on any atom is 0.254 e. The molecule has 1 amide bonds. The van der Waals surface area contributed by atoms with Gasteiger partial charge in [-0.25, -0.2) is 0 Å². The Morgan fingerprint density at radius 2 is 2.33 bits per heavy atom. The second-order valence-electron chi connectivity index (χ2n) is 4.56. The number of aryl methyl sites for hydroxylation is 1. The molecule has 5 heteroatoms. The predicted octanol–water partition coefficient (Wildman–Crippen LogP) is 1.08. The van der Waals surface area contributed by atoms with E-state index in [4.69, 9.17) is 5.11 Å². The zero-order chi connectivity index (χ0) is 15.1. The second kappa shape index (κ2) is 7.27. The first-order valence-electron chi connectivity index (χ1n) is 6.64. The molecule has 0 bridgehead atoms. The molecule has 5 nitrogen and oxygen atoms in total. The molecular formula is C16H17N3O2. The molecule has 0 atom stereocenters. The van der Waals surface area contributed by atoms with Crippen LogP contribution in [0.1, 0.15) is 27.9 Å². The van der Waals surface area contributed by atoms with Crippen LogP contribution in [0.25, 0.3) is 0 Å². The molecule has 2 N–H and O–H groups in total. The zero-order valence-corrected chi connectivity index (χ0v) is 11.8. The van der Waals surface area contributed by atoms with Gasteiger partial charge in [-0.1, -0.05) is 24.0 Å². The lowest BCUT2D eigenvalue weighted by atomic mass is 10.1. The Bertz CT molecular complexity index is 680. The minimum absolute atomic E-state index is 0.0634. The summed E-state index contributed by atoms with van der Waals surface area (Å²) in [5, 5.41) is 15.5. The first kappa shape index (κ1) is 14.8. The fourth-order valence-corrected chi connectivity index (χ4v) is 1.80. The lowest BCUT2D eigenvalue weighted by Gasteiger charge is -2.04. The molecule has 0 radical (unpaired) electrons. The van der Waals surface area contributed by atoms with E-state index in [0.717, 1.165) is 11.1 Å². The van der Waals surface area contributed by atoms with Crippen LogP contribution in [0, 0.1) is 11.8 Å². The van der Waals surface area contributed by atoms with Gasteiger partial charge in [0.15, 0.2) is 0 Å². The summed E-state index contributed by atoms with van der Waals surface area (Å²) in [6, 6.07) is 7.65. The number of aliphatic hydroxyl groups is 1. The third-order valence-corrected chi connectivity index (χ3v) is 2.82. The number of aromatic nitrogens is 2. The predicted molar refractivity (Wildman–Crippen MR) is 79.4 cm³/mol. The van der Waals surface area contributed by atoms with Crippen LogP contribution >= 0.6 is 0 Å². The first-order chi connectivity index (χ1) is 10.2. The molecule has 1 heterocycles. The number of nitrogens with one attached hydrogen (secondary N) is 1. The summed E-state index contributed by atoms with van der Waals surface area (Å²) in [5.41, 5.74) is 2.39. The topological polar surface area (TPSA) is 67.2 Å². The molecule has 0 saturated heterocycles. The zero-order valence-electron chi connectivity index (χ0n) is 11.8. The average Bonchev–Trinajstić information content (AvgIpc) is 2.92. The van der Waals surface area contributed by atoms with Crippen LogP contribution in [0.2, 0.25) is 0 Å². The second-order valence-corrected chi connectivity index (χ2v) is 4.56. The molecule has 108 valence electrons. The van der Waals surface area contributed by atoms with Gasteiger partial charge in [-0.2, -0.15) is 5.10 Å². The van der Waals surface area contributed by atoms with Crippen molar-refractivity contribution in [1.82, 2.24) is 15.1 Å². The summed E-state index contributed by atoms with van der Waals surface area (Å²) >= 11 is 0. The molecule has 2 aromatic rings. The highest BCUT2D eigenvalue weighted by molar-refractivity contribution is 5.93. The van der Waals surface area contributed by atoms with Gasteiger partial charge in [0.05, 0.1) is 18.4 Å². The first-order valence-corrected chi connectivity index (χ1v) is 6.64. The number of nitrogens with zero attached hydrogens (tertiary/aromatic N) is 2. The maximum absolute atomic E-state index is 11.9. The van der Waals surface area contributed by atoms with Crippen molar-refractivity contribution in [3.8, 4) is 11.8 Å². The molecule has 0 unspecified atom stereocenters. The summed E-state index contributed by atoms with van der Waals surface area (Å²) in [6.07, 6.45) is 3.67. The van der Waals surface area contributed by atoms with Gasteiger partial charge in [0.25, 0.3) is 5.91 Å². The Morgan fingerprint density at radius 3 is 3.05 bits per heavy atom. The van der Waals surface area contributed by atoms with E-state index >= 15 is 0 Å². The third-order valence-electron chi connectivity index (χ3n) is 2.82. The summed E-state index contributed by atoms with van der Waals surface area (Å²) in [6.45, 7) is 0.497. The highest BCUT2D eigenvalue weighted by Gasteiger charge is 2.07. The van der Waals surface area contributed by atoms with Crippen LogP contribution in [-0.4, -0.2) is 27.4 Å². The van der Waals surface area contributed by atoms with E-state index < -0.39 is 0 Å². The van der Waals surface area contributed by atoms with E-state index in [1.54, 1.807) is 17.9 Å². The van der Waals surface area contributed by atoms with Crippen LogP contribution < -0.4 is 5.32 Å². The standard InChI is InChI=1S/C16H17N3O2/c1-19-12-15(11-18-19)16(21)17-10-14-7-4-6-13(9-14)5-2-3-8-20/h4,6-7,9,11-12,20H,3,8,10H2,1H3,(H,17,21). The van der Waals surface area contributed by atoms with Crippen molar-refractivity contribution in [3.63, 3.8) is 0 Å². The molecular weight excluding hydrogens is 266 g/mol. The number of hydrogen-bond acceptors (Lipinski definition) is 3. The van der Waals surface area contributed by atoms with Crippen LogP contribution in [0.5, 0.6) is 0 Å². The van der Waals surface area contributed by atoms with Gasteiger partial charge >= 0.3 is 0 Å². The summed E-state index contributed by atoms with van der Waals surface area (Å²) in [7, 11) is 1.77. The number of carbonyl (C=O) groups is 1. The molecule has 0 aliphatic rings. The van der Waals surface area contributed by atoms with Gasteiger partial charge in [0.1, 0.15) is 0 Å². The maximum atomic E-state index is 11.9. The van der Waals surface area contributed by atoms with Crippen molar-refractivity contribution in [2.45, 2.75) is 13.0 Å². The normalized spacial score (nSPS) is 9.81. The highest BCUT2D eigenvalue weighted by Crippen LogP contribution is 2.05. The largest absolute Gasteiger partial charge is 0.395 e. The van der Waals surface area contributed by atoms with Crippen molar-refractivity contribution >= 4 is 5.91 Å². The minimum Gasteiger partial charge on any atom is -0.395 e. The highest BCUT2D eigenvalue weighted by atomic mass is 16.2. The van der Waals surface area contributed by atoms with E-state index in [9.17, 15) is 4.79 Å². The number of benzene rings is 1. The quantitative estimate of drug-likeness (QED) is 0.825. The van der Waals surface area contributed by atoms with Crippen molar-refractivity contribution in [2.75, 3.05) is 6.61 Å². The average molecular weight is 283 g/mol. The van der Waals surface area contributed by atoms with Crippen molar-refractivity contribution < 1.29 is 9.90 Å². The molecule has 21 heavy (non-hydrogen) atoms. The van der Waals surface area contributed by atoms with E-state index in [0.29, 0.717) is 18.5 Å². The van der Waals surface area contributed by atoms with E-state index in [1.165, 1.54) is 6.20 Å². The Balaban J connectivity index is 1.96. The number of aliphatic hydroxyl groups excluding tert-OH is 1. The van der Waals surface area contributed by atoms with Crippen molar-refractivity contribution in [2.24, 2.45) is 7.05 Å². The van der Waals surface area contributed by atoms with Crippen molar-refractivity contribution in [3.05, 3.63) is 53.3 Å². The van der Waals surface area contributed by atoms with Gasteiger partial charge in [0.2, 0.25) is 0 Å². The van der Waals surface area contributed by atoms with E-state index in [-0.39, 0.29) is 12.5 Å². The van der Waals surface area contributed by atoms with Crippen LogP contribution in [0.3, 0.4) is 0 Å². The van der Waals surface area contributed by atoms with E-state index in [1.807, 2.05) is 24.3 Å². The fourth-order valence-electron chi connectivity index (χ4n) is 1.80. The number of rotatable bonds is 4. The smallest absolute Gasteiger partial charge is 0.254 e. The van der Waals surface area contributed by atoms with Crippen LogP contribution in [-0.2, 0) is 13.6 Å². The Hall–Kier alpha value is -2.58. The third kappa shape index (κ3) is 4.48. The summed E-state index contributed by atoms with van der Waals surface area (Å²) in [5.74, 6) is 5.69. The Labute approximate surface area is 123 Å². The molecule has 0 spiro atoms. The van der Waals surface area contributed by atoms with Gasteiger partial charge < -0.3 is 10.4 Å². The molecule has 0 aliphatic heterocycles. The number of carbonyl (C=O) groups excluding carboxylic acids is 1. The van der Waals surface area contributed by atoms with Gasteiger partial charge in [0, 0.05) is 31.8 Å². The Morgan fingerprint density at radius 1 is 1.48 bits per heavy atom. The summed E-state index contributed by atoms with van der Waals surface area (Å²) < 4.78 is 1.59. The summed E-state index contributed by atoms with van der Waals surface area (Å²) in [4.78, 5) is 11.9. The Kier molecular flexibility index (Phi) is 5.13. The van der Waals surface area contributed by atoms with E-state index in [2.05, 4.69) is 22.3 Å². The van der Waals surface area contributed by atoms with Gasteiger partial charge in [-0.3, -0.25) is 9.48 Å². The van der Waals surface area contributed by atoms with Crippen LogP contribution in [0.15, 0.2) is 36.7 Å². The molecule has 1 aromatic heterocycles. The molecule has 0 fully saturated rings. The lowest BCUT2D eigenvalue weighted by molar-refractivity contribution is 0.0951. The lowest BCUT2D eigenvalue weighted by Crippen LogP contribution is -2.22. The monoisotopic (exact) mass is 283 g/mol. The number of amides is 1. The molecule has 0 aliphatic carbocycles. The van der Waals surface area contributed by atoms with Gasteiger partial charge in [-0.05, 0) is 17.7 Å². The SMILES string of the molecule is Cn1cc(C(=O)NCc2cccc(C#CCCO)c2)cn1. The molecule has 0 saturated carbocycles.